The number of nitrogens with one attached hydrogen (secondary N) is 3. The van der Waals surface area contributed by atoms with Crippen molar-refractivity contribution in [3.63, 3.8) is 0 Å². The summed E-state index contributed by atoms with van der Waals surface area (Å²) in [6.07, 6.45) is 3.32. The second-order valence-corrected chi connectivity index (χ2v) is 7.19. The fraction of sp³-hybridized carbons (Fsp3) is 0.0870. The number of hydrogen-bond acceptors (Lipinski definition) is 3. The zero-order chi connectivity index (χ0) is 21.3. The van der Waals surface area contributed by atoms with Gasteiger partial charge < -0.3 is 21.4 Å². The molecule has 0 unspecified atom stereocenters. The summed E-state index contributed by atoms with van der Waals surface area (Å²) in [5, 5.41) is 6.51. The molecule has 2 heterocycles. The summed E-state index contributed by atoms with van der Waals surface area (Å²) in [6, 6.07) is 14.6. The van der Waals surface area contributed by atoms with Crippen LogP contribution in [-0.2, 0) is 0 Å². The number of carbonyl (C=O) groups is 2. The van der Waals surface area contributed by atoms with E-state index in [1.807, 2.05) is 50.2 Å². The van der Waals surface area contributed by atoms with E-state index in [1.54, 1.807) is 24.5 Å². The number of amides is 3. The summed E-state index contributed by atoms with van der Waals surface area (Å²) in [4.78, 5) is 31.3. The molecule has 4 aromatic rings. The standard InChI is InChI=1S/C23H21N5O2/c1-13-9-14(2)11-17(10-13)27-23(30)26-16-5-3-15(4-6-16)20-18-7-8-25-12-19(18)28-21(20)22(24)29/h3-12,28H,1-2H3,(H2,24,29)(H2,26,27,30). The van der Waals surface area contributed by atoms with Crippen LogP contribution in [0.15, 0.2) is 60.9 Å². The number of fused-ring (bicyclic) bond motifs is 1. The minimum Gasteiger partial charge on any atom is -0.364 e. The maximum atomic E-state index is 12.3. The van der Waals surface area contributed by atoms with Gasteiger partial charge in [-0.2, -0.15) is 0 Å². The average molecular weight is 399 g/mol. The zero-order valence-electron chi connectivity index (χ0n) is 16.6. The smallest absolute Gasteiger partial charge is 0.323 e. The summed E-state index contributed by atoms with van der Waals surface area (Å²) in [5.41, 5.74) is 11.6. The monoisotopic (exact) mass is 399 g/mol. The average Bonchev–Trinajstić information content (AvgIpc) is 3.07. The van der Waals surface area contributed by atoms with Crippen LogP contribution in [0.3, 0.4) is 0 Å². The molecule has 0 fully saturated rings. The molecule has 0 aliphatic rings. The SMILES string of the molecule is Cc1cc(C)cc(NC(=O)Nc2ccc(-c3c(C(N)=O)[nH]c4cnccc34)cc2)c1. The molecule has 0 saturated heterocycles. The van der Waals surface area contributed by atoms with Crippen molar-refractivity contribution in [1.82, 2.24) is 9.97 Å². The Morgan fingerprint density at radius 3 is 2.27 bits per heavy atom. The first-order chi connectivity index (χ1) is 14.4. The van der Waals surface area contributed by atoms with Crippen LogP contribution in [0.2, 0.25) is 0 Å². The van der Waals surface area contributed by atoms with Gasteiger partial charge in [-0.3, -0.25) is 9.78 Å². The van der Waals surface area contributed by atoms with Crippen molar-refractivity contribution in [3.05, 3.63) is 77.7 Å². The van der Waals surface area contributed by atoms with Gasteiger partial charge >= 0.3 is 6.03 Å². The number of nitrogens with two attached hydrogens (primary N) is 1. The Kier molecular flexibility index (Phi) is 4.93. The van der Waals surface area contributed by atoms with Gasteiger partial charge in [0.1, 0.15) is 5.69 Å². The van der Waals surface area contributed by atoms with E-state index in [2.05, 4.69) is 20.6 Å². The number of H-pyrrole nitrogens is 1. The lowest BCUT2D eigenvalue weighted by Crippen LogP contribution is -2.19. The van der Waals surface area contributed by atoms with E-state index < -0.39 is 5.91 Å². The van der Waals surface area contributed by atoms with Crippen LogP contribution in [0.5, 0.6) is 0 Å². The number of anilines is 2. The quantitative estimate of drug-likeness (QED) is 0.402. The first-order valence-electron chi connectivity index (χ1n) is 9.43. The van der Waals surface area contributed by atoms with E-state index in [4.69, 9.17) is 5.73 Å². The van der Waals surface area contributed by atoms with Crippen molar-refractivity contribution in [2.75, 3.05) is 10.6 Å². The van der Waals surface area contributed by atoms with Crippen molar-refractivity contribution in [1.29, 1.82) is 0 Å². The summed E-state index contributed by atoms with van der Waals surface area (Å²) < 4.78 is 0. The highest BCUT2D eigenvalue weighted by molar-refractivity contribution is 6.09. The molecule has 0 saturated carbocycles. The van der Waals surface area contributed by atoms with Crippen molar-refractivity contribution < 1.29 is 9.59 Å². The van der Waals surface area contributed by atoms with E-state index in [-0.39, 0.29) is 6.03 Å². The Balaban J connectivity index is 1.56. The molecular formula is C23H21N5O2. The molecule has 30 heavy (non-hydrogen) atoms. The maximum Gasteiger partial charge on any atom is 0.323 e. The van der Waals surface area contributed by atoms with Gasteiger partial charge in [0.2, 0.25) is 0 Å². The number of rotatable bonds is 4. The second-order valence-electron chi connectivity index (χ2n) is 7.19. The molecule has 7 nitrogen and oxygen atoms in total. The molecule has 2 aromatic carbocycles. The summed E-state index contributed by atoms with van der Waals surface area (Å²) in [6.45, 7) is 3.96. The number of urea groups is 1. The third-order valence-electron chi connectivity index (χ3n) is 4.76. The highest BCUT2D eigenvalue weighted by atomic mass is 16.2. The van der Waals surface area contributed by atoms with E-state index in [1.165, 1.54) is 0 Å². The Morgan fingerprint density at radius 1 is 0.933 bits per heavy atom. The van der Waals surface area contributed by atoms with E-state index in [9.17, 15) is 9.59 Å². The molecule has 7 heteroatoms. The van der Waals surface area contributed by atoms with Gasteiger partial charge in [0.15, 0.2) is 0 Å². The predicted molar refractivity (Wildman–Crippen MR) is 119 cm³/mol. The molecule has 4 rings (SSSR count). The van der Waals surface area contributed by atoms with Gasteiger partial charge in [-0.25, -0.2) is 4.79 Å². The van der Waals surface area contributed by atoms with Crippen molar-refractivity contribution >= 4 is 34.2 Å². The normalized spacial score (nSPS) is 10.7. The third kappa shape index (κ3) is 3.86. The molecule has 0 radical (unpaired) electrons. The topological polar surface area (TPSA) is 113 Å². The van der Waals surface area contributed by atoms with Gasteiger partial charge in [-0.05, 0) is 60.9 Å². The van der Waals surface area contributed by atoms with Gasteiger partial charge in [0.25, 0.3) is 5.91 Å². The van der Waals surface area contributed by atoms with Crippen LogP contribution >= 0.6 is 0 Å². The molecule has 0 atom stereocenters. The van der Waals surface area contributed by atoms with Crippen molar-refractivity contribution in [3.8, 4) is 11.1 Å². The number of nitrogens with zero attached hydrogens (tertiary/aromatic N) is 1. The molecule has 0 spiro atoms. The van der Waals surface area contributed by atoms with Crippen LogP contribution < -0.4 is 16.4 Å². The lowest BCUT2D eigenvalue weighted by atomic mass is 10.0. The molecule has 2 aromatic heterocycles. The summed E-state index contributed by atoms with van der Waals surface area (Å²) in [5.74, 6) is -0.545. The van der Waals surface area contributed by atoms with Crippen molar-refractivity contribution in [2.45, 2.75) is 13.8 Å². The zero-order valence-corrected chi connectivity index (χ0v) is 16.6. The number of aromatic amines is 1. The van der Waals surface area contributed by atoms with E-state index >= 15 is 0 Å². The summed E-state index contributed by atoms with van der Waals surface area (Å²) in [7, 11) is 0. The fourth-order valence-electron chi connectivity index (χ4n) is 3.59. The Labute approximate surface area is 173 Å². The minimum absolute atomic E-state index is 0.325. The molecule has 5 N–H and O–H groups in total. The molecule has 0 aliphatic heterocycles. The van der Waals surface area contributed by atoms with Gasteiger partial charge in [0, 0.05) is 28.5 Å². The number of hydrogen-bond donors (Lipinski definition) is 4. The Bertz CT molecular complexity index is 1240. The summed E-state index contributed by atoms with van der Waals surface area (Å²) >= 11 is 0. The predicted octanol–water partition coefficient (Wildman–Crippen LogP) is 4.59. The van der Waals surface area contributed by atoms with Crippen LogP contribution in [0, 0.1) is 13.8 Å². The molecular weight excluding hydrogens is 378 g/mol. The van der Waals surface area contributed by atoms with Gasteiger partial charge in [-0.1, -0.05) is 18.2 Å². The number of benzene rings is 2. The highest BCUT2D eigenvalue weighted by Crippen LogP contribution is 2.32. The number of aryl methyl sites for hydroxylation is 2. The number of aromatic nitrogens is 2. The molecule has 150 valence electrons. The lowest BCUT2D eigenvalue weighted by molar-refractivity contribution is 0.0997. The fourth-order valence-corrected chi connectivity index (χ4v) is 3.59. The lowest BCUT2D eigenvalue weighted by Gasteiger charge is -2.10. The number of pyridine rings is 1. The van der Waals surface area contributed by atoms with Crippen molar-refractivity contribution in [2.24, 2.45) is 5.73 Å². The van der Waals surface area contributed by atoms with Crippen LogP contribution in [0.1, 0.15) is 21.6 Å². The first kappa shape index (κ1) is 19.2. The number of carbonyl (C=O) groups excluding carboxylic acids is 2. The number of primary amides is 1. The minimum atomic E-state index is -0.545. The van der Waals surface area contributed by atoms with Gasteiger partial charge in [0.05, 0.1) is 11.7 Å². The Morgan fingerprint density at radius 2 is 1.60 bits per heavy atom. The van der Waals surface area contributed by atoms with E-state index in [0.717, 1.165) is 33.3 Å². The molecule has 3 amide bonds. The molecule has 0 aliphatic carbocycles. The largest absolute Gasteiger partial charge is 0.364 e. The van der Waals surface area contributed by atoms with E-state index in [0.29, 0.717) is 16.9 Å². The highest BCUT2D eigenvalue weighted by Gasteiger charge is 2.17. The molecule has 0 bridgehead atoms. The van der Waals surface area contributed by atoms with Gasteiger partial charge in [-0.15, -0.1) is 0 Å². The first-order valence-corrected chi connectivity index (χ1v) is 9.43. The van der Waals surface area contributed by atoms with Crippen LogP contribution in [0.4, 0.5) is 16.2 Å². The second kappa shape index (κ2) is 7.71. The van der Waals surface area contributed by atoms with Crippen LogP contribution in [0.25, 0.3) is 22.0 Å². The van der Waals surface area contributed by atoms with Crippen LogP contribution in [-0.4, -0.2) is 21.9 Å². The maximum absolute atomic E-state index is 12.3. The third-order valence-corrected chi connectivity index (χ3v) is 4.76. The Hall–Kier alpha value is -4.13.